The van der Waals surface area contributed by atoms with Gasteiger partial charge >= 0.3 is 11.9 Å². The Balaban J connectivity index is 1.99. The molecule has 8 heteroatoms. The molecule has 0 radical (unpaired) electrons. The highest BCUT2D eigenvalue weighted by atomic mass is 16.5. The number of esters is 2. The van der Waals surface area contributed by atoms with Gasteiger partial charge < -0.3 is 14.0 Å². The van der Waals surface area contributed by atoms with Crippen molar-refractivity contribution in [2.45, 2.75) is 13.0 Å². The van der Waals surface area contributed by atoms with Crippen LogP contribution in [0, 0.1) is 5.92 Å². The number of carbonyl (C=O) groups is 3. The molecule has 0 saturated carbocycles. The van der Waals surface area contributed by atoms with Crippen molar-refractivity contribution in [3.63, 3.8) is 0 Å². The first-order valence-electron chi connectivity index (χ1n) is 9.63. The standard InChI is InChI=1S/C22H21N3O5/c1-3-30-21(28)18-19(14-9-5-4-6-10-14)25-16-12-8-7-11-15(16)23-22(25)24(20(18)27)13-17(26)29-2/h4-12,18-19H,3,13H2,1-2H3. The van der Waals surface area contributed by atoms with Crippen molar-refractivity contribution in [3.05, 3.63) is 60.2 Å². The average Bonchev–Trinajstić information content (AvgIpc) is 3.15. The Kier molecular flexibility index (Phi) is 5.22. The fourth-order valence-electron chi connectivity index (χ4n) is 3.84. The van der Waals surface area contributed by atoms with Gasteiger partial charge in [0.05, 0.1) is 30.8 Å². The highest BCUT2D eigenvalue weighted by Crippen LogP contribution is 2.41. The molecule has 1 aromatic heterocycles. The van der Waals surface area contributed by atoms with E-state index in [1.54, 1.807) is 6.92 Å². The second kappa shape index (κ2) is 7.98. The number of amides is 1. The first-order valence-corrected chi connectivity index (χ1v) is 9.63. The van der Waals surface area contributed by atoms with Crippen molar-refractivity contribution < 1.29 is 23.9 Å². The number of anilines is 1. The maximum Gasteiger partial charge on any atom is 0.325 e. The molecule has 2 atom stereocenters. The molecule has 0 saturated heterocycles. The fraction of sp³-hybridized carbons (Fsp3) is 0.273. The predicted octanol–water partition coefficient (Wildman–Crippen LogP) is 2.32. The number of imidazole rings is 1. The Morgan fingerprint density at radius 2 is 1.77 bits per heavy atom. The van der Waals surface area contributed by atoms with E-state index in [0.29, 0.717) is 11.5 Å². The van der Waals surface area contributed by atoms with E-state index in [-0.39, 0.29) is 13.2 Å². The first-order chi connectivity index (χ1) is 14.6. The lowest BCUT2D eigenvalue weighted by Crippen LogP contribution is -2.51. The molecule has 2 heterocycles. The number of fused-ring (bicyclic) bond motifs is 3. The third-order valence-corrected chi connectivity index (χ3v) is 5.14. The van der Waals surface area contributed by atoms with Gasteiger partial charge in [-0.1, -0.05) is 42.5 Å². The summed E-state index contributed by atoms with van der Waals surface area (Å²) >= 11 is 0. The van der Waals surface area contributed by atoms with Gasteiger partial charge in [-0.2, -0.15) is 0 Å². The molecule has 1 aliphatic heterocycles. The van der Waals surface area contributed by atoms with Crippen LogP contribution in [0.15, 0.2) is 54.6 Å². The van der Waals surface area contributed by atoms with Crippen LogP contribution in [0.5, 0.6) is 0 Å². The van der Waals surface area contributed by atoms with Crippen LogP contribution >= 0.6 is 0 Å². The zero-order valence-corrected chi connectivity index (χ0v) is 16.6. The number of nitrogens with zero attached hydrogens (tertiary/aromatic N) is 3. The van der Waals surface area contributed by atoms with E-state index >= 15 is 0 Å². The number of para-hydroxylation sites is 2. The molecule has 0 fully saturated rings. The summed E-state index contributed by atoms with van der Waals surface area (Å²) in [6.45, 7) is 1.47. The Morgan fingerprint density at radius 1 is 1.07 bits per heavy atom. The summed E-state index contributed by atoms with van der Waals surface area (Å²) in [5, 5.41) is 0. The lowest BCUT2D eigenvalue weighted by molar-refractivity contribution is -0.154. The molecule has 1 amide bonds. The normalized spacial score (nSPS) is 18.2. The topological polar surface area (TPSA) is 90.7 Å². The van der Waals surface area contributed by atoms with Crippen LogP contribution in [0.1, 0.15) is 18.5 Å². The van der Waals surface area contributed by atoms with Crippen molar-refractivity contribution in [1.29, 1.82) is 0 Å². The average molecular weight is 407 g/mol. The molecule has 154 valence electrons. The van der Waals surface area contributed by atoms with Crippen LogP contribution < -0.4 is 4.90 Å². The molecule has 2 unspecified atom stereocenters. The van der Waals surface area contributed by atoms with E-state index in [2.05, 4.69) is 4.98 Å². The van der Waals surface area contributed by atoms with Crippen LogP contribution in [0.3, 0.4) is 0 Å². The zero-order chi connectivity index (χ0) is 21.3. The first kappa shape index (κ1) is 19.6. The Bertz CT molecular complexity index is 1110. The lowest BCUT2D eigenvalue weighted by Gasteiger charge is -2.37. The highest BCUT2D eigenvalue weighted by Gasteiger charge is 2.48. The van der Waals surface area contributed by atoms with E-state index in [1.807, 2.05) is 59.2 Å². The highest BCUT2D eigenvalue weighted by molar-refractivity contribution is 6.10. The van der Waals surface area contributed by atoms with Gasteiger partial charge in [-0.3, -0.25) is 19.3 Å². The van der Waals surface area contributed by atoms with Crippen LogP contribution in [0.25, 0.3) is 11.0 Å². The van der Waals surface area contributed by atoms with Crippen LogP contribution in [0.4, 0.5) is 5.95 Å². The van der Waals surface area contributed by atoms with Gasteiger partial charge in [0.1, 0.15) is 6.54 Å². The van der Waals surface area contributed by atoms with E-state index in [9.17, 15) is 14.4 Å². The molecular formula is C22H21N3O5. The molecular weight excluding hydrogens is 386 g/mol. The molecule has 0 N–H and O–H groups in total. The summed E-state index contributed by atoms with van der Waals surface area (Å²) < 4.78 is 11.8. The van der Waals surface area contributed by atoms with Crippen molar-refractivity contribution >= 4 is 34.8 Å². The van der Waals surface area contributed by atoms with E-state index < -0.39 is 29.8 Å². The third-order valence-electron chi connectivity index (χ3n) is 5.14. The molecule has 0 bridgehead atoms. The van der Waals surface area contributed by atoms with E-state index in [1.165, 1.54) is 12.0 Å². The maximum absolute atomic E-state index is 13.5. The summed E-state index contributed by atoms with van der Waals surface area (Å²) in [6.07, 6.45) is 0. The minimum absolute atomic E-state index is 0.138. The van der Waals surface area contributed by atoms with Crippen molar-refractivity contribution in [3.8, 4) is 0 Å². The summed E-state index contributed by atoms with van der Waals surface area (Å²) in [7, 11) is 1.25. The Labute approximate surface area is 173 Å². The summed E-state index contributed by atoms with van der Waals surface area (Å²) in [5.74, 6) is -2.67. The van der Waals surface area contributed by atoms with E-state index in [4.69, 9.17) is 9.47 Å². The zero-order valence-electron chi connectivity index (χ0n) is 16.6. The Hall–Kier alpha value is -3.68. The maximum atomic E-state index is 13.5. The monoisotopic (exact) mass is 407 g/mol. The molecule has 4 rings (SSSR count). The minimum atomic E-state index is -1.16. The fourth-order valence-corrected chi connectivity index (χ4v) is 3.84. The van der Waals surface area contributed by atoms with Crippen LogP contribution in [-0.4, -0.2) is 47.7 Å². The molecule has 0 spiro atoms. The van der Waals surface area contributed by atoms with Gasteiger partial charge in [-0.25, -0.2) is 4.98 Å². The van der Waals surface area contributed by atoms with Gasteiger partial charge in [0.15, 0.2) is 5.92 Å². The van der Waals surface area contributed by atoms with Gasteiger partial charge in [-0.05, 0) is 24.6 Å². The number of methoxy groups -OCH3 is 1. The minimum Gasteiger partial charge on any atom is -0.468 e. The van der Waals surface area contributed by atoms with Gasteiger partial charge in [-0.15, -0.1) is 0 Å². The quantitative estimate of drug-likeness (QED) is 0.476. The number of ether oxygens (including phenoxy) is 2. The molecule has 3 aromatic rings. The second-order valence-electron chi connectivity index (χ2n) is 6.86. The van der Waals surface area contributed by atoms with Gasteiger partial charge in [0, 0.05) is 0 Å². The van der Waals surface area contributed by atoms with Gasteiger partial charge in [0.25, 0.3) is 0 Å². The number of rotatable bonds is 5. The third kappa shape index (κ3) is 3.20. The number of hydrogen-bond donors (Lipinski definition) is 0. The summed E-state index contributed by atoms with van der Waals surface area (Å²) in [6, 6.07) is 16.0. The van der Waals surface area contributed by atoms with Gasteiger partial charge in [0.2, 0.25) is 11.9 Å². The molecule has 8 nitrogen and oxygen atoms in total. The SMILES string of the molecule is CCOC(=O)C1C(=O)N(CC(=O)OC)c2nc3ccccc3n2C1c1ccccc1. The number of hydrogen-bond acceptors (Lipinski definition) is 6. The molecule has 1 aliphatic rings. The molecule has 30 heavy (non-hydrogen) atoms. The molecule has 0 aliphatic carbocycles. The largest absolute Gasteiger partial charge is 0.468 e. The number of benzene rings is 2. The van der Waals surface area contributed by atoms with Crippen molar-refractivity contribution in [1.82, 2.24) is 9.55 Å². The van der Waals surface area contributed by atoms with Crippen molar-refractivity contribution in [2.75, 3.05) is 25.2 Å². The smallest absolute Gasteiger partial charge is 0.325 e. The second-order valence-corrected chi connectivity index (χ2v) is 6.86. The molecule has 2 aromatic carbocycles. The predicted molar refractivity (Wildman–Crippen MR) is 109 cm³/mol. The summed E-state index contributed by atoms with van der Waals surface area (Å²) in [4.78, 5) is 44.3. The van der Waals surface area contributed by atoms with Crippen LogP contribution in [0.2, 0.25) is 0 Å². The van der Waals surface area contributed by atoms with Crippen LogP contribution in [-0.2, 0) is 23.9 Å². The Morgan fingerprint density at radius 3 is 2.47 bits per heavy atom. The lowest BCUT2D eigenvalue weighted by atomic mass is 9.89. The van der Waals surface area contributed by atoms with Crippen molar-refractivity contribution in [2.24, 2.45) is 5.92 Å². The summed E-state index contributed by atoms with van der Waals surface area (Å²) in [5.41, 5.74) is 2.17. The van der Waals surface area contributed by atoms with E-state index in [0.717, 1.165) is 11.1 Å². The number of carbonyl (C=O) groups excluding carboxylic acids is 3. The number of aromatic nitrogens is 2.